The normalized spacial score (nSPS) is 12.9. The predicted octanol–water partition coefficient (Wildman–Crippen LogP) is 9.55. The number of nitrogen functional groups attached to an aromatic ring is 4. The molecule has 10 rings (SSSR count). The lowest BCUT2D eigenvalue weighted by atomic mass is 10.0. The van der Waals surface area contributed by atoms with Gasteiger partial charge in [-0.15, -0.1) is 0 Å². The van der Waals surface area contributed by atoms with E-state index in [1.807, 2.05) is 97.1 Å². The van der Waals surface area contributed by atoms with Crippen molar-refractivity contribution in [2.45, 2.75) is 12.8 Å². The molecule has 3 aliphatic rings. The van der Waals surface area contributed by atoms with E-state index in [4.69, 9.17) is 32.9 Å². The van der Waals surface area contributed by atoms with Crippen LogP contribution in [0.4, 0.5) is 22.7 Å². The maximum Gasteiger partial charge on any atom is 0.220 e. The number of carbonyl (C=O) groups excluding carboxylic acids is 1. The van der Waals surface area contributed by atoms with Crippen molar-refractivity contribution in [3.8, 4) is 44.5 Å². The summed E-state index contributed by atoms with van der Waals surface area (Å²) in [7, 11) is 0. The fourth-order valence-corrected chi connectivity index (χ4v) is 7.58. The van der Waals surface area contributed by atoms with Crippen LogP contribution in [0.25, 0.3) is 90.9 Å². The number of nitrogens with two attached hydrogens (primary N) is 4. The maximum absolute atomic E-state index is 10.1. The van der Waals surface area contributed by atoms with Crippen molar-refractivity contribution in [3.63, 3.8) is 0 Å². The van der Waals surface area contributed by atoms with Crippen LogP contribution >= 0.6 is 0 Å². The molecule has 0 aliphatic carbocycles. The Hall–Kier alpha value is -7.85. The lowest BCUT2D eigenvalue weighted by Gasteiger charge is -2.07. The lowest BCUT2D eigenvalue weighted by molar-refractivity contribution is -0.119. The molecule has 10 heteroatoms. The van der Waals surface area contributed by atoms with Crippen LogP contribution in [0.5, 0.6) is 0 Å². The SMILES string of the molecule is Nc1ccc(-c2c3nc(c(-c4ccc(N)cc4)c4ccc([nH]4)c(-c4ccc(N)cc4)c4nc(c(-c5ccc(N)cc5)c5ccc2[nH]5)C=C4)C=C3)cc1.O=C1CCCN1. The number of amides is 1. The number of aromatic nitrogens is 4. The van der Waals surface area contributed by atoms with E-state index in [1.54, 1.807) is 0 Å². The zero-order chi connectivity index (χ0) is 39.8. The average molecular weight is 760 g/mol. The number of hydrogen-bond acceptors (Lipinski definition) is 7. The van der Waals surface area contributed by atoms with E-state index in [2.05, 4.69) is 63.9 Å². The molecule has 3 aliphatic heterocycles. The first-order valence-electron chi connectivity index (χ1n) is 19.1. The molecule has 4 aromatic carbocycles. The molecule has 58 heavy (non-hydrogen) atoms. The Bertz CT molecular complexity index is 2540. The Morgan fingerprint density at radius 1 is 0.397 bits per heavy atom. The van der Waals surface area contributed by atoms with E-state index in [0.717, 1.165) is 109 Å². The van der Waals surface area contributed by atoms with Crippen LogP contribution in [0.15, 0.2) is 121 Å². The number of anilines is 4. The van der Waals surface area contributed by atoms with Gasteiger partial charge in [-0.25, -0.2) is 9.97 Å². The first kappa shape index (κ1) is 35.8. The molecule has 0 spiro atoms. The van der Waals surface area contributed by atoms with Crippen LogP contribution in [0.2, 0.25) is 0 Å². The number of hydrogen-bond donors (Lipinski definition) is 7. The third-order valence-corrected chi connectivity index (χ3v) is 10.5. The zero-order valence-electron chi connectivity index (χ0n) is 31.6. The molecule has 1 fully saturated rings. The van der Waals surface area contributed by atoms with Crippen LogP contribution in [0.1, 0.15) is 35.6 Å². The molecular weight excluding hydrogens is 719 g/mol. The minimum atomic E-state index is 0.204. The average Bonchev–Trinajstić information content (AvgIpc) is 4.09. The van der Waals surface area contributed by atoms with Crippen molar-refractivity contribution in [2.75, 3.05) is 29.5 Å². The molecule has 11 N–H and O–H groups in total. The van der Waals surface area contributed by atoms with Crippen LogP contribution in [-0.2, 0) is 4.79 Å². The second-order valence-electron chi connectivity index (χ2n) is 14.4. The molecule has 6 heterocycles. The molecule has 7 aromatic rings. The molecule has 3 aromatic heterocycles. The highest BCUT2D eigenvalue weighted by molar-refractivity contribution is 6.00. The topological polar surface area (TPSA) is 191 Å². The van der Waals surface area contributed by atoms with Gasteiger partial charge in [0.2, 0.25) is 5.91 Å². The van der Waals surface area contributed by atoms with Gasteiger partial charge < -0.3 is 38.2 Å². The van der Waals surface area contributed by atoms with E-state index in [1.165, 1.54) is 0 Å². The summed E-state index contributed by atoms with van der Waals surface area (Å²) >= 11 is 0. The molecule has 0 atom stereocenters. The van der Waals surface area contributed by atoms with Gasteiger partial charge in [0, 0.05) is 80.0 Å². The molecule has 0 saturated carbocycles. The van der Waals surface area contributed by atoms with E-state index in [0.29, 0.717) is 22.7 Å². The van der Waals surface area contributed by atoms with Gasteiger partial charge in [0.05, 0.1) is 22.8 Å². The standard InChI is InChI=1S/C44H34N8.C4H7NO/c45-29-9-1-25(2-10-29)41-33-17-19-35(49-33)42(26-3-11-30(46)12-4-26)37-21-23-39(51-37)44(28-7-15-32(48)16-8-28)40-24-22-38(52-40)43(36-20-18-34(41)50-36)27-5-13-31(47)14-6-27;6-4-2-1-3-5-4/h1-24,49,52H,45-48H2;1-3H2,(H,5,6). The van der Waals surface area contributed by atoms with E-state index >= 15 is 0 Å². The Morgan fingerprint density at radius 3 is 0.879 bits per heavy atom. The Kier molecular flexibility index (Phi) is 9.27. The van der Waals surface area contributed by atoms with Gasteiger partial charge in [0.15, 0.2) is 0 Å². The molecule has 0 unspecified atom stereocenters. The predicted molar refractivity (Wildman–Crippen MR) is 240 cm³/mol. The number of aromatic amines is 2. The quantitative estimate of drug-likeness (QED) is 0.0869. The molecular formula is C48H41N9O. The number of carbonyl (C=O) groups is 1. The summed E-state index contributed by atoms with van der Waals surface area (Å²) in [6.07, 6.45) is 10.0. The van der Waals surface area contributed by atoms with Gasteiger partial charge in [-0.1, -0.05) is 48.5 Å². The summed E-state index contributed by atoms with van der Waals surface area (Å²) in [4.78, 5) is 28.3. The van der Waals surface area contributed by atoms with Crippen molar-refractivity contribution in [2.24, 2.45) is 0 Å². The zero-order valence-corrected chi connectivity index (χ0v) is 31.6. The summed E-state index contributed by atoms with van der Waals surface area (Å²) in [5.74, 6) is 0.204. The number of fused-ring (bicyclic) bond motifs is 8. The summed E-state index contributed by atoms with van der Waals surface area (Å²) in [6.45, 7) is 0.888. The summed E-state index contributed by atoms with van der Waals surface area (Å²) < 4.78 is 0. The Morgan fingerprint density at radius 2 is 0.672 bits per heavy atom. The third-order valence-electron chi connectivity index (χ3n) is 10.5. The van der Waals surface area contributed by atoms with Gasteiger partial charge in [0.25, 0.3) is 0 Å². The number of rotatable bonds is 4. The fourth-order valence-electron chi connectivity index (χ4n) is 7.58. The number of nitrogens with zero attached hydrogens (tertiary/aromatic N) is 2. The fraction of sp³-hybridized carbons (Fsp3) is 0.0625. The molecule has 8 bridgehead atoms. The van der Waals surface area contributed by atoms with Crippen molar-refractivity contribution in [3.05, 3.63) is 144 Å². The highest BCUT2D eigenvalue weighted by Gasteiger charge is 2.19. The second-order valence-corrected chi connectivity index (χ2v) is 14.4. The first-order chi connectivity index (χ1) is 28.3. The van der Waals surface area contributed by atoms with E-state index in [9.17, 15) is 4.79 Å². The van der Waals surface area contributed by atoms with Crippen LogP contribution in [-0.4, -0.2) is 32.4 Å². The van der Waals surface area contributed by atoms with E-state index < -0.39 is 0 Å². The summed E-state index contributed by atoms with van der Waals surface area (Å²) in [5.41, 5.74) is 41.9. The molecule has 1 saturated heterocycles. The number of benzene rings is 4. The van der Waals surface area contributed by atoms with Crippen LogP contribution in [0, 0.1) is 0 Å². The monoisotopic (exact) mass is 759 g/mol. The van der Waals surface area contributed by atoms with Crippen molar-refractivity contribution >= 4 is 75.0 Å². The molecule has 10 nitrogen and oxygen atoms in total. The minimum Gasteiger partial charge on any atom is -0.399 e. The largest absolute Gasteiger partial charge is 0.399 e. The van der Waals surface area contributed by atoms with E-state index in [-0.39, 0.29) is 5.91 Å². The first-order valence-corrected chi connectivity index (χ1v) is 19.1. The maximum atomic E-state index is 10.1. The van der Waals surface area contributed by atoms with Crippen molar-refractivity contribution in [1.82, 2.24) is 25.3 Å². The smallest absolute Gasteiger partial charge is 0.220 e. The van der Waals surface area contributed by atoms with Gasteiger partial charge in [-0.2, -0.15) is 0 Å². The Labute approximate surface area is 335 Å². The lowest BCUT2D eigenvalue weighted by Crippen LogP contribution is -2.12. The van der Waals surface area contributed by atoms with Crippen molar-refractivity contribution < 1.29 is 4.79 Å². The number of H-pyrrole nitrogens is 2. The molecule has 284 valence electrons. The third kappa shape index (κ3) is 7.06. The van der Waals surface area contributed by atoms with Gasteiger partial charge in [0.1, 0.15) is 0 Å². The molecule has 0 radical (unpaired) electrons. The van der Waals surface area contributed by atoms with Crippen molar-refractivity contribution in [1.29, 1.82) is 0 Å². The minimum absolute atomic E-state index is 0.204. The van der Waals surface area contributed by atoms with Gasteiger partial charge in [-0.05, 0) is 126 Å². The number of nitrogens with one attached hydrogen (secondary N) is 3. The van der Waals surface area contributed by atoms with Crippen LogP contribution in [0.3, 0.4) is 0 Å². The summed E-state index contributed by atoms with van der Waals surface area (Å²) in [6, 6.07) is 40.0. The van der Waals surface area contributed by atoms with Gasteiger partial charge >= 0.3 is 0 Å². The highest BCUT2D eigenvalue weighted by Crippen LogP contribution is 2.39. The highest BCUT2D eigenvalue weighted by atomic mass is 16.1. The Balaban J connectivity index is 0.000000668. The molecule has 1 amide bonds. The second kappa shape index (κ2) is 15.0. The van der Waals surface area contributed by atoms with Crippen LogP contribution < -0.4 is 28.3 Å². The van der Waals surface area contributed by atoms with Gasteiger partial charge in [-0.3, -0.25) is 4.79 Å². The summed E-state index contributed by atoms with van der Waals surface area (Å²) in [5, 5.41) is 2.68.